The van der Waals surface area contributed by atoms with Crippen LogP contribution in [0.5, 0.6) is 0 Å². The Morgan fingerprint density at radius 1 is 1.20 bits per heavy atom. The molecule has 2 amide bonds. The average molecular weight is 271 g/mol. The van der Waals surface area contributed by atoms with E-state index in [4.69, 9.17) is 5.73 Å². The van der Waals surface area contributed by atoms with E-state index in [0.29, 0.717) is 29.1 Å². The highest BCUT2D eigenvalue weighted by molar-refractivity contribution is 6.21. The number of rotatable bonds is 3. The molecule has 1 aromatic heterocycles. The molecule has 2 aromatic rings. The first-order valence-electron chi connectivity index (χ1n) is 6.16. The van der Waals surface area contributed by atoms with Gasteiger partial charge in [0.2, 0.25) is 0 Å². The molecule has 0 spiro atoms. The average Bonchev–Trinajstić information content (AvgIpc) is 2.92. The van der Waals surface area contributed by atoms with Crippen LogP contribution in [0.4, 0.5) is 5.69 Å². The Hall–Kier alpha value is -2.70. The molecule has 7 heteroatoms. The van der Waals surface area contributed by atoms with Crippen LogP contribution in [-0.2, 0) is 13.5 Å². The van der Waals surface area contributed by atoms with Crippen molar-refractivity contribution in [3.63, 3.8) is 0 Å². The van der Waals surface area contributed by atoms with Gasteiger partial charge in [-0.2, -0.15) is 5.10 Å². The monoisotopic (exact) mass is 271 g/mol. The minimum absolute atomic E-state index is 0.260. The molecule has 0 fully saturated rings. The molecule has 0 aliphatic carbocycles. The first-order chi connectivity index (χ1) is 9.56. The summed E-state index contributed by atoms with van der Waals surface area (Å²) in [5, 5.41) is 4.12. The number of aryl methyl sites for hydroxylation is 1. The summed E-state index contributed by atoms with van der Waals surface area (Å²) < 4.78 is 1.58. The molecule has 0 bridgehead atoms. The summed E-state index contributed by atoms with van der Waals surface area (Å²) in [6.45, 7) is 0.260. The van der Waals surface area contributed by atoms with Crippen LogP contribution in [0.25, 0.3) is 0 Å². The van der Waals surface area contributed by atoms with Crippen molar-refractivity contribution in [3.05, 3.63) is 41.5 Å². The van der Waals surface area contributed by atoms with E-state index >= 15 is 0 Å². The van der Waals surface area contributed by atoms with Crippen LogP contribution >= 0.6 is 0 Å². The lowest BCUT2D eigenvalue weighted by Crippen LogP contribution is -2.32. The van der Waals surface area contributed by atoms with E-state index in [1.807, 2.05) is 0 Å². The van der Waals surface area contributed by atoms with Crippen LogP contribution in [-0.4, -0.2) is 38.0 Å². The van der Waals surface area contributed by atoms with Crippen LogP contribution in [0.1, 0.15) is 26.5 Å². The Morgan fingerprint density at radius 2 is 1.95 bits per heavy atom. The molecule has 0 atom stereocenters. The Morgan fingerprint density at radius 3 is 2.65 bits per heavy atom. The smallest absolute Gasteiger partial charge is 0.261 e. The highest BCUT2D eigenvalue weighted by atomic mass is 16.2. The largest absolute Gasteiger partial charge is 0.399 e. The predicted octanol–water partition coefficient (Wildman–Crippen LogP) is 0.236. The zero-order chi connectivity index (χ0) is 14.3. The van der Waals surface area contributed by atoms with Gasteiger partial charge >= 0.3 is 0 Å². The van der Waals surface area contributed by atoms with Crippen LogP contribution in [0.3, 0.4) is 0 Å². The van der Waals surface area contributed by atoms with Gasteiger partial charge in [0.05, 0.1) is 11.1 Å². The number of nitrogen functional groups attached to an aromatic ring is 1. The van der Waals surface area contributed by atoms with Gasteiger partial charge < -0.3 is 5.73 Å². The number of imide groups is 1. The molecule has 0 saturated carbocycles. The standard InChI is InChI=1S/C13H13N5O2/c1-17-7-15-11(16-17)4-5-18-12(19)9-3-2-8(14)6-10(9)13(18)20/h2-3,6-7H,4-5,14H2,1H3. The van der Waals surface area contributed by atoms with E-state index in [-0.39, 0.29) is 18.4 Å². The third-order valence-corrected chi connectivity index (χ3v) is 3.20. The van der Waals surface area contributed by atoms with Crippen molar-refractivity contribution in [3.8, 4) is 0 Å². The molecule has 0 radical (unpaired) electrons. The molecular weight excluding hydrogens is 258 g/mol. The van der Waals surface area contributed by atoms with E-state index in [1.54, 1.807) is 30.2 Å². The quantitative estimate of drug-likeness (QED) is 0.637. The number of fused-ring (bicyclic) bond motifs is 1. The molecule has 7 nitrogen and oxygen atoms in total. The molecule has 3 rings (SSSR count). The van der Waals surface area contributed by atoms with Crippen molar-refractivity contribution in [2.24, 2.45) is 7.05 Å². The Balaban J connectivity index is 1.79. The second-order valence-electron chi connectivity index (χ2n) is 4.65. The van der Waals surface area contributed by atoms with Gasteiger partial charge in [0.25, 0.3) is 11.8 Å². The molecule has 2 heterocycles. The first kappa shape index (κ1) is 12.3. The topological polar surface area (TPSA) is 94.1 Å². The fourth-order valence-corrected chi connectivity index (χ4v) is 2.22. The molecule has 1 aliphatic rings. The summed E-state index contributed by atoms with van der Waals surface area (Å²) in [5.74, 6) is -0.00210. The van der Waals surface area contributed by atoms with Gasteiger partial charge in [-0.15, -0.1) is 0 Å². The van der Waals surface area contributed by atoms with E-state index in [2.05, 4.69) is 10.1 Å². The number of nitrogens with zero attached hydrogens (tertiary/aromatic N) is 4. The molecule has 1 aliphatic heterocycles. The van der Waals surface area contributed by atoms with Crippen molar-refractivity contribution < 1.29 is 9.59 Å². The minimum Gasteiger partial charge on any atom is -0.399 e. The second kappa shape index (κ2) is 4.44. The zero-order valence-corrected chi connectivity index (χ0v) is 10.9. The maximum absolute atomic E-state index is 12.2. The third-order valence-electron chi connectivity index (χ3n) is 3.20. The first-order valence-corrected chi connectivity index (χ1v) is 6.16. The lowest BCUT2D eigenvalue weighted by molar-refractivity contribution is 0.0655. The van der Waals surface area contributed by atoms with Crippen LogP contribution in [0, 0.1) is 0 Å². The SMILES string of the molecule is Cn1cnc(CCN2C(=O)c3ccc(N)cc3C2=O)n1. The Bertz CT molecular complexity index is 707. The lowest BCUT2D eigenvalue weighted by atomic mass is 10.1. The number of anilines is 1. The van der Waals surface area contributed by atoms with E-state index in [0.717, 1.165) is 0 Å². The summed E-state index contributed by atoms with van der Waals surface area (Å²) >= 11 is 0. The maximum Gasteiger partial charge on any atom is 0.261 e. The Kier molecular flexibility index (Phi) is 2.74. The molecule has 20 heavy (non-hydrogen) atoms. The van der Waals surface area contributed by atoms with Gasteiger partial charge in [-0.05, 0) is 18.2 Å². The highest BCUT2D eigenvalue weighted by Gasteiger charge is 2.35. The van der Waals surface area contributed by atoms with Gasteiger partial charge in [-0.1, -0.05) is 0 Å². The predicted molar refractivity (Wildman–Crippen MR) is 70.9 cm³/mol. The van der Waals surface area contributed by atoms with Gasteiger partial charge in [-0.3, -0.25) is 19.2 Å². The van der Waals surface area contributed by atoms with Crippen molar-refractivity contribution in [1.82, 2.24) is 19.7 Å². The summed E-state index contributed by atoms with van der Waals surface area (Å²) in [6, 6.07) is 4.74. The molecule has 102 valence electrons. The number of benzene rings is 1. The molecule has 1 aromatic carbocycles. The second-order valence-corrected chi connectivity index (χ2v) is 4.65. The molecule has 0 unspecified atom stereocenters. The van der Waals surface area contributed by atoms with E-state index < -0.39 is 0 Å². The fourth-order valence-electron chi connectivity index (χ4n) is 2.22. The summed E-state index contributed by atoms with van der Waals surface area (Å²) in [6.07, 6.45) is 2.01. The number of hydrogen-bond acceptors (Lipinski definition) is 5. The minimum atomic E-state index is -0.312. The highest BCUT2D eigenvalue weighted by Crippen LogP contribution is 2.24. The summed E-state index contributed by atoms with van der Waals surface area (Å²) in [4.78, 5) is 29.6. The number of carbonyl (C=O) groups excluding carboxylic acids is 2. The molecular formula is C13H13N5O2. The van der Waals surface area contributed by atoms with Crippen molar-refractivity contribution >= 4 is 17.5 Å². The fraction of sp³-hybridized carbons (Fsp3) is 0.231. The Labute approximate surface area is 115 Å². The van der Waals surface area contributed by atoms with Crippen molar-refractivity contribution in [2.75, 3.05) is 12.3 Å². The van der Waals surface area contributed by atoms with E-state index in [1.165, 1.54) is 11.0 Å². The van der Waals surface area contributed by atoms with Gasteiger partial charge in [0, 0.05) is 25.7 Å². The van der Waals surface area contributed by atoms with Gasteiger partial charge in [0.1, 0.15) is 6.33 Å². The number of amides is 2. The molecule has 2 N–H and O–H groups in total. The van der Waals surface area contributed by atoms with Crippen LogP contribution < -0.4 is 5.73 Å². The normalized spacial score (nSPS) is 13.9. The third kappa shape index (κ3) is 1.93. The zero-order valence-electron chi connectivity index (χ0n) is 10.9. The lowest BCUT2D eigenvalue weighted by Gasteiger charge is -2.11. The van der Waals surface area contributed by atoms with Gasteiger partial charge in [0.15, 0.2) is 5.82 Å². The molecule has 0 saturated heterocycles. The maximum atomic E-state index is 12.2. The summed E-state index contributed by atoms with van der Waals surface area (Å²) in [7, 11) is 1.77. The van der Waals surface area contributed by atoms with E-state index in [9.17, 15) is 9.59 Å². The van der Waals surface area contributed by atoms with Crippen LogP contribution in [0.2, 0.25) is 0 Å². The summed E-state index contributed by atoms with van der Waals surface area (Å²) in [5.41, 5.74) is 6.88. The van der Waals surface area contributed by atoms with Crippen molar-refractivity contribution in [1.29, 1.82) is 0 Å². The number of nitrogens with two attached hydrogens (primary N) is 1. The number of carbonyl (C=O) groups is 2. The number of aromatic nitrogens is 3. The van der Waals surface area contributed by atoms with Gasteiger partial charge in [-0.25, -0.2) is 4.98 Å². The van der Waals surface area contributed by atoms with Crippen molar-refractivity contribution in [2.45, 2.75) is 6.42 Å². The number of hydrogen-bond donors (Lipinski definition) is 1. The van der Waals surface area contributed by atoms with Crippen LogP contribution in [0.15, 0.2) is 24.5 Å².